The highest BCUT2D eigenvalue weighted by Gasteiger charge is 2.16. The molecule has 15 heavy (non-hydrogen) atoms. The van der Waals surface area contributed by atoms with Crippen LogP contribution in [0.1, 0.15) is 10.4 Å². The zero-order valence-corrected chi connectivity index (χ0v) is 10.7. The fraction of sp³-hybridized carbons (Fsp3) is 0.500. The summed E-state index contributed by atoms with van der Waals surface area (Å²) in [6.07, 6.45) is 0. The van der Waals surface area contributed by atoms with Crippen molar-refractivity contribution in [1.29, 1.82) is 0 Å². The van der Waals surface area contributed by atoms with Crippen molar-refractivity contribution in [3.05, 3.63) is 20.8 Å². The van der Waals surface area contributed by atoms with Gasteiger partial charge in [-0.15, -0.1) is 0 Å². The fourth-order valence-electron chi connectivity index (χ4n) is 1.64. The molecule has 1 N–H and O–H groups in total. The largest absolute Gasteiger partial charge is 0.314 e. The van der Waals surface area contributed by atoms with E-state index in [0.717, 1.165) is 36.2 Å². The zero-order chi connectivity index (χ0) is 10.7. The SMILES string of the molecule is O=C(CN1CCNCC1)c1cscc1Br. The van der Waals surface area contributed by atoms with Crippen LogP contribution < -0.4 is 5.32 Å². The quantitative estimate of drug-likeness (QED) is 0.858. The molecule has 1 aliphatic rings. The third-order valence-corrected chi connectivity index (χ3v) is 4.19. The average molecular weight is 289 g/mol. The molecule has 1 aliphatic heterocycles. The number of carbonyl (C=O) groups is 1. The molecule has 0 atom stereocenters. The molecule has 3 nitrogen and oxygen atoms in total. The number of piperazine rings is 1. The standard InChI is InChI=1S/C10H13BrN2OS/c11-9-7-15-6-8(9)10(14)5-13-3-1-12-2-4-13/h6-7,12H,1-5H2. The number of hydrogen-bond acceptors (Lipinski definition) is 4. The maximum absolute atomic E-state index is 11.9. The van der Waals surface area contributed by atoms with E-state index < -0.39 is 0 Å². The smallest absolute Gasteiger partial charge is 0.178 e. The molecule has 1 aromatic heterocycles. The lowest BCUT2D eigenvalue weighted by molar-refractivity contribution is 0.0921. The topological polar surface area (TPSA) is 32.3 Å². The highest BCUT2D eigenvalue weighted by atomic mass is 79.9. The maximum Gasteiger partial charge on any atom is 0.178 e. The Labute approximate surface area is 102 Å². The normalized spacial score (nSPS) is 17.9. The number of ketones is 1. The molecule has 0 saturated carbocycles. The summed E-state index contributed by atoms with van der Waals surface area (Å²) in [4.78, 5) is 14.1. The van der Waals surface area contributed by atoms with Gasteiger partial charge in [-0.2, -0.15) is 11.3 Å². The predicted octanol–water partition coefficient (Wildman–Crippen LogP) is 1.60. The molecule has 1 aromatic rings. The second-order valence-electron chi connectivity index (χ2n) is 3.58. The van der Waals surface area contributed by atoms with Crippen LogP contribution in [-0.2, 0) is 0 Å². The molecule has 0 bridgehead atoms. The summed E-state index contributed by atoms with van der Waals surface area (Å²) in [5.41, 5.74) is 0.818. The molecule has 2 rings (SSSR count). The molecule has 0 unspecified atom stereocenters. The number of nitrogens with zero attached hydrogens (tertiary/aromatic N) is 1. The van der Waals surface area contributed by atoms with Crippen LogP contribution in [0, 0.1) is 0 Å². The van der Waals surface area contributed by atoms with Gasteiger partial charge in [-0.3, -0.25) is 9.69 Å². The van der Waals surface area contributed by atoms with E-state index in [2.05, 4.69) is 26.1 Å². The van der Waals surface area contributed by atoms with Crippen LogP contribution in [0.15, 0.2) is 15.2 Å². The second-order valence-corrected chi connectivity index (χ2v) is 5.18. The monoisotopic (exact) mass is 288 g/mol. The van der Waals surface area contributed by atoms with E-state index in [9.17, 15) is 4.79 Å². The molecule has 0 aromatic carbocycles. The summed E-state index contributed by atoms with van der Waals surface area (Å²) >= 11 is 4.95. The Kier molecular flexibility index (Phi) is 3.91. The van der Waals surface area contributed by atoms with Gasteiger partial charge in [0.05, 0.1) is 6.54 Å². The molecule has 82 valence electrons. The summed E-state index contributed by atoms with van der Waals surface area (Å²) in [6.45, 7) is 4.44. The summed E-state index contributed by atoms with van der Waals surface area (Å²) in [6, 6.07) is 0. The Balaban J connectivity index is 1.94. The predicted molar refractivity (Wildman–Crippen MR) is 65.7 cm³/mol. The molecule has 5 heteroatoms. The van der Waals surface area contributed by atoms with E-state index in [1.807, 2.05) is 10.8 Å². The second kappa shape index (κ2) is 5.21. The summed E-state index contributed by atoms with van der Waals surface area (Å²) in [5.74, 6) is 0.213. The number of halogens is 1. The van der Waals surface area contributed by atoms with Gasteiger partial charge in [-0.1, -0.05) is 0 Å². The first-order chi connectivity index (χ1) is 7.27. The number of nitrogens with one attached hydrogen (secondary N) is 1. The van der Waals surface area contributed by atoms with Crippen LogP contribution in [0.2, 0.25) is 0 Å². The zero-order valence-electron chi connectivity index (χ0n) is 8.33. The van der Waals surface area contributed by atoms with Crippen molar-refractivity contribution in [3.8, 4) is 0 Å². The molecular formula is C10H13BrN2OS. The van der Waals surface area contributed by atoms with Crippen molar-refractivity contribution < 1.29 is 4.79 Å². The first kappa shape index (κ1) is 11.3. The number of hydrogen-bond donors (Lipinski definition) is 1. The van der Waals surface area contributed by atoms with E-state index in [4.69, 9.17) is 0 Å². The van der Waals surface area contributed by atoms with Crippen molar-refractivity contribution >= 4 is 33.0 Å². The average Bonchev–Trinajstić information content (AvgIpc) is 2.66. The Hall–Kier alpha value is -0.230. The van der Waals surface area contributed by atoms with Gasteiger partial charge in [-0.25, -0.2) is 0 Å². The number of Topliss-reactive ketones (excluding diaryl/α,β-unsaturated/α-hetero) is 1. The van der Waals surface area contributed by atoms with Gasteiger partial charge < -0.3 is 5.32 Å². The highest BCUT2D eigenvalue weighted by Crippen LogP contribution is 2.21. The van der Waals surface area contributed by atoms with E-state index in [0.29, 0.717) is 6.54 Å². The van der Waals surface area contributed by atoms with Gasteiger partial charge in [0.15, 0.2) is 5.78 Å². The molecule has 1 saturated heterocycles. The number of thiophene rings is 1. The van der Waals surface area contributed by atoms with Crippen molar-refractivity contribution in [2.75, 3.05) is 32.7 Å². The van der Waals surface area contributed by atoms with Gasteiger partial charge in [0, 0.05) is 47.0 Å². The van der Waals surface area contributed by atoms with Gasteiger partial charge in [0.1, 0.15) is 0 Å². The summed E-state index contributed by atoms with van der Waals surface area (Å²) in [7, 11) is 0. The maximum atomic E-state index is 11.9. The molecule has 2 heterocycles. The summed E-state index contributed by atoms with van der Waals surface area (Å²) < 4.78 is 0.924. The number of rotatable bonds is 3. The Morgan fingerprint density at radius 1 is 1.47 bits per heavy atom. The third kappa shape index (κ3) is 2.87. The van der Waals surface area contributed by atoms with E-state index in [1.165, 1.54) is 0 Å². The van der Waals surface area contributed by atoms with E-state index >= 15 is 0 Å². The van der Waals surface area contributed by atoms with Crippen LogP contribution in [0.5, 0.6) is 0 Å². The van der Waals surface area contributed by atoms with Gasteiger partial charge in [-0.05, 0) is 15.9 Å². The Bertz CT molecular complexity index is 347. The molecule has 0 spiro atoms. The number of carbonyl (C=O) groups excluding carboxylic acids is 1. The van der Waals surface area contributed by atoms with Crippen LogP contribution in [0.3, 0.4) is 0 Å². The molecule has 1 fully saturated rings. The van der Waals surface area contributed by atoms with Crippen molar-refractivity contribution in [1.82, 2.24) is 10.2 Å². The van der Waals surface area contributed by atoms with Crippen molar-refractivity contribution in [2.45, 2.75) is 0 Å². The first-order valence-corrected chi connectivity index (χ1v) is 6.69. The molecular weight excluding hydrogens is 276 g/mol. The fourth-order valence-corrected chi connectivity index (χ4v) is 3.16. The first-order valence-electron chi connectivity index (χ1n) is 4.95. The Morgan fingerprint density at radius 3 is 2.80 bits per heavy atom. The van der Waals surface area contributed by atoms with Crippen molar-refractivity contribution in [2.24, 2.45) is 0 Å². The molecule has 0 radical (unpaired) electrons. The lowest BCUT2D eigenvalue weighted by Gasteiger charge is -2.26. The molecule has 0 aliphatic carbocycles. The van der Waals surface area contributed by atoms with Crippen molar-refractivity contribution in [3.63, 3.8) is 0 Å². The van der Waals surface area contributed by atoms with Crippen LogP contribution >= 0.6 is 27.3 Å². The Morgan fingerprint density at radius 2 is 2.20 bits per heavy atom. The minimum absolute atomic E-state index is 0.213. The highest BCUT2D eigenvalue weighted by molar-refractivity contribution is 9.10. The minimum atomic E-state index is 0.213. The summed E-state index contributed by atoms with van der Waals surface area (Å²) in [5, 5.41) is 7.13. The van der Waals surface area contributed by atoms with Gasteiger partial charge in [0.2, 0.25) is 0 Å². The lowest BCUT2D eigenvalue weighted by Crippen LogP contribution is -2.45. The van der Waals surface area contributed by atoms with Gasteiger partial charge in [0.25, 0.3) is 0 Å². The van der Waals surface area contributed by atoms with Crippen LogP contribution in [0.4, 0.5) is 0 Å². The van der Waals surface area contributed by atoms with Gasteiger partial charge >= 0.3 is 0 Å². The van der Waals surface area contributed by atoms with E-state index in [1.54, 1.807) is 11.3 Å². The lowest BCUT2D eigenvalue weighted by atomic mass is 10.2. The van der Waals surface area contributed by atoms with Crippen LogP contribution in [-0.4, -0.2) is 43.4 Å². The van der Waals surface area contributed by atoms with Crippen LogP contribution in [0.25, 0.3) is 0 Å². The molecule has 0 amide bonds. The third-order valence-electron chi connectivity index (χ3n) is 2.49. The minimum Gasteiger partial charge on any atom is -0.314 e. The van der Waals surface area contributed by atoms with E-state index in [-0.39, 0.29) is 5.78 Å².